The first-order chi connectivity index (χ1) is 11.8. The van der Waals surface area contributed by atoms with Crippen LogP contribution in [0, 0.1) is 0 Å². The molecule has 0 aliphatic rings. The highest BCUT2D eigenvalue weighted by Gasteiger charge is 2.43. The predicted molar refractivity (Wildman–Crippen MR) is 192 cm³/mol. The molecule has 1 heterocycles. The van der Waals surface area contributed by atoms with Gasteiger partial charge in [0.25, 0.3) is 0 Å². The number of hydrogen-bond acceptors (Lipinski definition) is 5. The molecule has 0 fully saturated rings. The van der Waals surface area contributed by atoms with Crippen molar-refractivity contribution in [2.75, 3.05) is 0 Å². The van der Waals surface area contributed by atoms with Crippen LogP contribution >= 0.6 is 119 Å². The van der Waals surface area contributed by atoms with E-state index < -0.39 is 8.80 Å². The Balaban J connectivity index is -0.0000000541. The Morgan fingerprint density at radius 2 is 1.12 bits per heavy atom. The molecule has 0 atom stereocenters. The third-order valence-electron chi connectivity index (χ3n) is 3.04. The van der Waals surface area contributed by atoms with E-state index in [1.54, 1.807) is 11.3 Å². The molecule has 0 N–H and O–H groups in total. The minimum atomic E-state index is -2.48. The highest BCUT2D eigenvalue weighted by molar-refractivity contribution is 7.60. The summed E-state index contributed by atoms with van der Waals surface area (Å²) in [4.78, 5) is 4.14. The van der Waals surface area contributed by atoms with Crippen molar-refractivity contribution in [1.29, 1.82) is 0 Å². The largest absolute Gasteiger partial charge is 0.501 e. The second-order valence-electron chi connectivity index (χ2n) is 6.75. The van der Waals surface area contributed by atoms with Gasteiger partial charge in [0, 0.05) is 24.4 Å². The van der Waals surface area contributed by atoms with Crippen LogP contribution in [0.25, 0.3) is 10.2 Å². The Bertz CT molecular complexity index is 566. The topological polar surface area (TPSA) is 40.6 Å². The lowest BCUT2D eigenvalue weighted by Crippen LogP contribution is -2.50. The molecule has 2 rings (SSSR count). The van der Waals surface area contributed by atoms with Gasteiger partial charge in [-0.15, -0.1) is 11.3 Å². The van der Waals surface area contributed by atoms with E-state index in [-0.39, 0.29) is 126 Å². The fourth-order valence-electron chi connectivity index (χ4n) is 2.45. The third-order valence-corrected chi connectivity index (χ3v) is 7.45. The van der Waals surface area contributed by atoms with Crippen molar-refractivity contribution in [2.45, 2.75) is 79.2 Å². The first-order valence-electron chi connectivity index (χ1n) is 9.09. The molecule has 206 valence electrons. The highest BCUT2D eigenvalue weighted by atomic mass is 32.1. The molecule has 0 aliphatic heterocycles. The zero-order chi connectivity index (χ0) is 18.9. The smallest absolute Gasteiger partial charge is 0.371 e. The molecule has 0 saturated carbocycles. The molecule has 0 aliphatic carbocycles. The number of para-hydroxylation sites is 1. The van der Waals surface area contributed by atoms with Gasteiger partial charge in [-0.25, -0.2) is 4.98 Å². The maximum absolute atomic E-state index is 5.99. The van der Waals surface area contributed by atoms with Crippen molar-refractivity contribution >= 4 is 138 Å². The van der Waals surface area contributed by atoms with Crippen molar-refractivity contribution in [3.63, 3.8) is 0 Å². The molecule has 0 bridgehead atoms. The van der Waals surface area contributed by atoms with Gasteiger partial charge in [0.1, 0.15) is 0 Å². The van der Waals surface area contributed by atoms with Gasteiger partial charge in [0.2, 0.25) is 0 Å². The van der Waals surface area contributed by atoms with Crippen LogP contribution in [0.2, 0.25) is 6.04 Å². The van der Waals surface area contributed by atoms with Crippen LogP contribution < -0.4 is 0 Å². The lowest BCUT2D eigenvalue weighted by atomic mass is 10.3. The maximum atomic E-state index is 5.99. The van der Waals surface area contributed by atoms with Gasteiger partial charge in [0.05, 0.1) is 15.7 Å². The van der Waals surface area contributed by atoms with Crippen molar-refractivity contribution in [1.82, 2.24) is 4.98 Å². The van der Waals surface area contributed by atoms with Gasteiger partial charge in [-0.1, -0.05) is 25.5 Å². The number of rotatable bonds is 8. The van der Waals surface area contributed by atoms with Crippen LogP contribution in [-0.2, 0) is 13.3 Å². The molecule has 0 spiro atoms. The summed E-state index contributed by atoms with van der Waals surface area (Å²) in [5, 5.41) is 0. The van der Waals surface area contributed by atoms with Gasteiger partial charge < -0.3 is 13.3 Å². The number of benzene rings is 1. The average Bonchev–Trinajstić information content (AvgIpc) is 2.93. The van der Waals surface area contributed by atoms with E-state index >= 15 is 0 Å². The summed E-state index contributed by atoms with van der Waals surface area (Å²) in [5.41, 5.74) is 2.97. The number of hydrogen-bond donors (Lipinski definition) is 0. The maximum Gasteiger partial charge on any atom is 0.501 e. The quantitative estimate of drug-likeness (QED) is 0.293. The zero-order valence-corrected chi connectivity index (χ0v) is 30.4. The minimum Gasteiger partial charge on any atom is -0.371 e. The van der Waals surface area contributed by atoms with Crippen LogP contribution in [0.1, 0.15) is 54.9 Å². The molecule has 0 radical (unpaired) electrons. The molecular formula is C19H49NO3S9Si. The second kappa shape index (κ2) is 30.2. The minimum absolute atomic E-state index is 0. The number of fused-ring (bicyclic) bond motifs is 1. The molecule has 0 unspecified atom stereocenters. The molecular weight excluding hydrogens is 607 g/mol. The Morgan fingerprint density at radius 1 is 0.727 bits per heavy atom. The van der Waals surface area contributed by atoms with Crippen LogP contribution in [0.15, 0.2) is 29.8 Å². The molecule has 1 aromatic carbocycles. The summed E-state index contributed by atoms with van der Waals surface area (Å²) >= 11 is 1.68. The van der Waals surface area contributed by atoms with Gasteiger partial charge in [-0.3, -0.25) is 0 Å². The molecule has 2 aromatic rings. The lowest BCUT2D eigenvalue weighted by Gasteiger charge is -2.34. The Labute approximate surface area is 263 Å². The van der Waals surface area contributed by atoms with E-state index in [1.165, 1.54) is 4.70 Å². The Morgan fingerprint density at radius 3 is 1.45 bits per heavy atom. The van der Waals surface area contributed by atoms with E-state index in [0.717, 1.165) is 18.0 Å². The first kappa shape index (κ1) is 55.5. The van der Waals surface area contributed by atoms with Crippen molar-refractivity contribution < 1.29 is 13.3 Å². The van der Waals surface area contributed by atoms with Crippen molar-refractivity contribution in [3.05, 3.63) is 29.8 Å². The SMILES string of the molecule is CCC[Si](OC(C)C)(OC(C)C)OC(C)C.S.S.S.S.S.S.S.S.c1ccc2scnc2c1. The lowest BCUT2D eigenvalue weighted by molar-refractivity contribution is 0.00314. The fraction of sp³-hybridized carbons (Fsp3) is 0.632. The molecule has 1 aromatic heterocycles. The molecule has 33 heavy (non-hydrogen) atoms. The second-order valence-corrected chi connectivity index (χ2v) is 10.2. The molecule has 0 amide bonds. The predicted octanol–water partition coefficient (Wildman–Crippen LogP) is 6.81. The molecule has 14 heteroatoms. The number of aromatic nitrogens is 1. The van der Waals surface area contributed by atoms with Crippen molar-refractivity contribution in [2.24, 2.45) is 0 Å². The molecule has 4 nitrogen and oxygen atoms in total. The Kier molecular flexibility index (Phi) is 50.9. The zero-order valence-electron chi connectivity index (χ0n) is 20.6. The van der Waals surface area contributed by atoms with E-state index in [1.807, 2.05) is 65.3 Å². The van der Waals surface area contributed by atoms with Gasteiger partial charge >= 0.3 is 8.80 Å². The van der Waals surface area contributed by atoms with Crippen LogP contribution in [-0.4, -0.2) is 32.1 Å². The summed E-state index contributed by atoms with van der Waals surface area (Å²) in [5.74, 6) is 0. The van der Waals surface area contributed by atoms with E-state index in [2.05, 4.69) is 18.0 Å². The van der Waals surface area contributed by atoms with Gasteiger partial charge in [-0.05, 0) is 53.7 Å². The fourth-order valence-corrected chi connectivity index (χ4v) is 6.41. The van der Waals surface area contributed by atoms with Gasteiger partial charge in [0.15, 0.2) is 0 Å². The van der Waals surface area contributed by atoms with E-state index in [9.17, 15) is 0 Å². The van der Waals surface area contributed by atoms with Crippen LogP contribution in [0.5, 0.6) is 0 Å². The standard InChI is InChI=1S/C12H28O3Si.C7H5NS.8H2S/c1-8-9-16(13-10(2)3,14-11(4)5)15-12(6)7;1-2-4-7-6(3-1)8-5-9-7;;;;;;;;/h10-12H,8-9H2,1-7H3;1-5H;8*1H2. The van der Waals surface area contributed by atoms with Gasteiger partial charge in [-0.2, -0.15) is 108 Å². The van der Waals surface area contributed by atoms with Crippen molar-refractivity contribution in [3.8, 4) is 0 Å². The first-order valence-corrected chi connectivity index (χ1v) is 11.9. The third kappa shape index (κ3) is 24.1. The monoisotopic (exact) mass is 655 g/mol. The average molecular weight is 656 g/mol. The summed E-state index contributed by atoms with van der Waals surface area (Å²) in [6.45, 7) is 14.3. The summed E-state index contributed by atoms with van der Waals surface area (Å²) < 4.78 is 19.2. The highest BCUT2D eigenvalue weighted by Crippen LogP contribution is 2.23. The normalized spacial score (nSPS) is 9.15. The molecule has 0 saturated heterocycles. The summed E-state index contributed by atoms with van der Waals surface area (Å²) in [7, 11) is -2.48. The van der Waals surface area contributed by atoms with E-state index in [4.69, 9.17) is 13.3 Å². The Hall–Kier alpha value is 2.01. The summed E-state index contributed by atoms with van der Waals surface area (Å²) in [6.07, 6.45) is 1.47. The number of thiazole rings is 1. The van der Waals surface area contributed by atoms with Crippen LogP contribution in [0.4, 0.5) is 0 Å². The summed E-state index contributed by atoms with van der Waals surface area (Å²) in [6, 6.07) is 9.02. The number of nitrogens with zero attached hydrogens (tertiary/aromatic N) is 1. The van der Waals surface area contributed by atoms with Crippen LogP contribution in [0.3, 0.4) is 0 Å². The van der Waals surface area contributed by atoms with E-state index in [0.29, 0.717) is 0 Å².